The second-order valence-electron chi connectivity index (χ2n) is 5.04. The highest BCUT2D eigenvalue weighted by atomic mass is 32.1. The number of rotatable bonds is 3. The molecule has 0 N–H and O–H groups in total. The van der Waals surface area contributed by atoms with Crippen LogP contribution >= 0.6 is 11.3 Å². The summed E-state index contributed by atoms with van der Waals surface area (Å²) in [4.78, 5) is 18.1. The van der Waals surface area contributed by atoms with Crippen molar-refractivity contribution >= 4 is 17.2 Å². The fourth-order valence-electron chi connectivity index (χ4n) is 2.33. The predicted octanol–water partition coefficient (Wildman–Crippen LogP) is 2.88. The van der Waals surface area contributed by atoms with Gasteiger partial charge in [0.05, 0.1) is 6.54 Å². The number of thiazole rings is 1. The molecule has 0 spiro atoms. The Hall–Kier alpha value is -1.95. The first-order valence-corrected chi connectivity index (χ1v) is 7.63. The molecule has 110 valence electrons. The van der Waals surface area contributed by atoms with E-state index in [9.17, 15) is 9.18 Å². The standard InChI is InChI=1S/C15H15FN2O2S/c1-10-2-3-11(8-13(10)16)14(19)18-6-4-12(9-18)20-15-17-5-7-21-15/h2-3,5,7-8,12H,4,6,9H2,1H3. The predicted molar refractivity (Wildman–Crippen MR) is 78.2 cm³/mol. The van der Waals surface area contributed by atoms with E-state index in [0.29, 0.717) is 29.4 Å². The minimum atomic E-state index is -0.351. The van der Waals surface area contributed by atoms with Crippen molar-refractivity contribution in [3.63, 3.8) is 0 Å². The van der Waals surface area contributed by atoms with Gasteiger partial charge in [-0.3, -0.25) is 4.79 Å². The normalized spacial score (nSPS) is 18.0. The first-order chi connectivity index (χ1) is 10.1. The first-order valence-electron chi connectivity index (χ1n) is 6.75. The lowest BCUT2D eigenvalue weighted by Gasteiger charge is -2.16. The lowest BCUT2D eigenvalue weighted by atomic mass is 10.1. The van der Waals surface area contributed by atoms with Gasteiger partial charge < -0.3 is 9.64 Å². The van der Waals surface area contributed by atoms with Gasteiger partial charge in [-0.25, -0.2) is 9.37 Å². The molecular formula is C15H15FN2O2S. The van der Waals surface area contributed by atoms with Gasteiger partial charge in [0, 0.05) is 30.1 Å². The van der Waals surface area contributed by atoms with Crippen LogP contribution < -0.4 is 4.74 Å². The van der Waals surface area contributed by atoms with Crippen LogP contribution in [0.3, 0.4) is 0 Å². The van der Waals surface area contributed by atoms with E-state index in [0.717, 1.165) is 6.42 Å². The van der Waals surface area contributed by atoms with E-state index in [1.807, 2.05) is 5.38 Å². The molecule has 1 fully saturated rings. The lowest BCUT2D eigenvalue weighted by molar-refractivity contribution is 0.0772. The zero-order valence-electron chi connectivity index (χ0n) is 11.6. The van der Waals surface area contributed by atoms with Gasteiger partial charge in [-0.2, -0.15) is 0 Å². The van der Waals surface area contributed by atoms with Crippen LogP contribution in [0.25, 0.3) is 0 Å². The summed E-state index contributed by atoms with van der Waals surface area (Å²) in [6, 6.07) is 4.59. The molecule has 4 nitrogen and oxygen atoms in total. The Bertz CT molecular complexity index is 645. The van der Waals surface area contributed by atoms with Crippen molar-refractivity contribution in [2.45, 2.75) is 19.4 Å². The van der Waals surface area contributed by atoms with Gasteiger partial charge in [0.25, 0.3) is 11.1 Å². The number of benzene rings is 1. The Morgan fingerprint density at radius 3 is 3.10 bits per heavy atom. The smallest absolute Gasteiger partial charge is 0.273 e. The maximum absolute atomic E-state index is 13.6. The molecule has 1 aliphatic rings. The summed E-state index contributed by atoms with van der Waals surface area (Å²) >= 11 is 1.43. The molecule has 1 unspecified atom stereocenters. The van der Waals surface area contributed by atoms with Crippen LogP contribution in [0, 0.1) is 12.7 Å². The third-order valence-electron chi connectivity index (χ3n) is 3.53. The molecule has 1 aliphatic heterocycles. The number of likely N-dealkylation sites (tertiary alicyclic amines) is 1. The van der Waals surface area contributed by atoms with Crippen LogP contribution in [-0.2, 0) is 0 Å². The molecule has 1 saturated heterocycles. The summed E-state index contributed by atoms with van der Waals surface area (Å²) in [5.74, 6) is -0.505. The van der Waals surface area contributed by atoms with E-state index in [1.54, 1.807) is 30.2 Å². The van der Waals surface area contributed by atoms with E-state index in [4.69, 9.17) is 4.74 Å². The average molecular weight is 306 g/mol. The molecule has 1 amide bonds. The van der Waals surface area contributed by atoms with Crippen LogP contribution in [-0.4, -0.2) is 35.0 Å². The molecule has 0 bridgehead atoms. The number of carbonyl (C=O) groups is 1. The molecule has 3 rings (SSSR count). The Morgan fingerprint density at radius 1 is 1.52 bits per heavy atom. The second kappa shape index (κ2) is 5.81. The summed E-state index contributed by atoms with van der Waals surface area (Å²) in [6.07, 6.45) is 2.41. The zero-order valence-corrected chi connectivity index (χ0v) is 12.4. The summed E-state index contributed by atoms with van der Waals surface area (Å²) in [5, 5.41) is 2.47. The van der Waals surface area contributed by atoms with Crippen LogP contribution in [0.1, 0.15) is 22.3 Å². The Kier molecular flexibility index (Phi) is 3.88. The number of ether oxygens (including phenoxy) is 1. The topological polar surface area (TPSA) is 42.4 Å². The zero-order chi connectivity index (χ0) is 14.8. The minimum absolute atomic E-state index is 0.0459. The number of nitrogens with zero attached hydrogens (tertiary/aromatic N) is 2. The maximum atomic E-state index is 13.6. The monoisotopic (exact) mass is 306 g/mol. The molecule has 0 aliphatic carbocycles. The van der Waals surface area contributed by atoms with Gasteiger partial charge >= 0.3 is 0 Å². The molecule has 1 aromatic heterocycles. The second-order valence-corrected chi connectivity index (χ2v) is 5.90. The van der Waals surface area contributed by atoms with Crippen molar-refractivity contribution in [2.24, 2.45) is 0 Å². The van der Waals surface area contributed by atoms with Crippen LogP contribution in [0.2, 0.25) is 0 Å². The lowest BCUT2D eigenvalue weighted by Crippen LogP contribution is -2.31. The third kappa shape index (κ3) is 3.05. The van der Waals surface area contributed by atoms with Crippen molar-refractivity contribution in [1.82, 2.24) is 9.88 Å². The quantitative estimate of drug-likeness (QED) is 0.875. The van der Waals surface area contributed by atoms with Gasteiger partial charge in [0.1, 0.15) is 11.9 Å². The maximum Gasteiger partial charge on any atom is 0.273 e. The van der Waals surface area contributed by atoms with Crippen molar-refractivity contribution < 1.29 is 13.9 Å². The van der Waals surface area contributed by atoms with Gasteiger partial charge in [-0.15, -0.1) is 0 Å². The number of carbonyl (C=O) groups excluding carboxylic acids is 1. The number of amides is 1. The van der Waals surface area contributed by atoms with Crippen molar-refractivity contribution in [3.05, 3.63) is 46.7 Å². The Balaban J connectivity index is 1.65. The first kappa shape index (κ1) is 14.0. The number of hydrogen-bond acceptors (Lipinski definition) is 4. The van der Waals surface area contributed by atoms with Crippen molar-refractivity contribution in [2.75, 3.05) is 13.1 Å². The average Bonchev–Trinajstić information content (AvgIpc) is 3.13. The largest absolute Gasteiger partial charge is 0.465 e. The van der Waals surface area contributed by atoms with Crippen LogP contribution in [0.15, 0.2) is 29.8 Å². The number of halogens is 1. The van der Waals surface area contributed by atoms with Crippen molar-refractivity contribution in [1.29, 1.82) is 0 Å². The van der Waals surface area contributed by atoms with Crippen LogP contribution in [0.4, 0.5) is 4.39 Å². The number of hydrogen-bond donors (Lipinski definition) is 0. The summed E-state index contributed by atoms with van der Waals surface area (Å²) in [6.45, 7) is 2.80. The summed E-state index contributed by atoms with van der Waals surface area (Å²) < 4.78 is 19.3. The van der Waals surface area contributed by atoms with Gasteiger partial charge in [0.15, 0.2) is 0 Å². The highest BCUT2D eigenvalue weighted by Gasteiger charge is 2.29. The van der Waals surface area contributed by atoms with E-state index in [-0.39, 0.29) is 17.8 Å². The van der Waals surface area contributed by atoms with E-state index >= 15 is 0 Å². The molecule has 21 heavy (non-hydrogen) atoms. The van der Waals surface area contributed by atoms with E-state index < -0.39 is 0 Å². The van der Waals surface area contributed by atoms with Gasteiger partial charge in [0.2, 0.25) is 0 Å². The fraction of sp³-hybridized carbons (Fsp3) is 0.333. The molecule has 2 aromatic rings. The van der Waals surface area contributed by atoms with E-state index in [1.165, 1.54) is 17.4 Å². The Morgan fingerprint density at radius 2 is 2.38 bits per heavy atom. The summed E-state index contributed by atoms with van der Waals surface area (Å²) in [7, 11) is 0. The van der Waals surface area contributed by atoms with E-state index in [2.05, 4.69) is 4.98 Å². The minimum Gasteiger partial charge on any atom is -0.465 e. The number of aromatic nitrogens is 1. The fourth-order valence-corrected chi connectivity index (χ4v) is 2.88. The Labute approximate surface area is 126 Å². The molecule has 2 heterocycles. The van der Waals surface area contributed by atoms with Gasteiger partial charge in [-0.1, -0.05) is 17.4 Å². The SMILES string of the molecule is Cc1ccc(C(=O)N2CCC(Oc3nccs3)C2)cc1F. The van der Waals surface area contributed by atoms with Crippen molar-refractivity contribution in [3.8, 4) is 5.19 Å². The highest BCUT2D eigenvalue weighted by Crippen LogP contribution is 2.22. The molecule has 1 aromatic carbocycles. The molecule has 1 atom stereocenters. The molecule has 0 radical (unpaired) electrons. The number of aryl methyl sites for hydroxylation is 1. The third-order valence-corrected chi connectivity index (χ3v) is 4.19. The molecule has 0 saturated carbocycles. The van der Waals surface area contributed by atoms with Crippen LogP contribution in [0.5, 0.6) is 5.19 Å². The summed E-state index contributed by atoms with van der Waals surface area (Å²) in [5.41, 5.74) is 0.922. The molecular weight excluding hydrogens is 291 g/mol. The van der Waals surface area contributed by atoms with Gasteiger partial charge in [-0.05, 0) is 24.6 Å². The highest BCUT2D eigenvalue weighted by molar-refractivity contribution is 7.11. The molecule has 6 heteroatoms.